The van der Waals surface area contributed by atoms with Crippen molar-refractivity contribution in [2.75, 3.05) is 32.7 Å². The average molecular weight is 295 g/mol. The molecule has 5 heteroatoms. The van der Waals surface area contributed by atoms with Crippen LogP contribution in [0.4, 0.5) is 0 Å². The molecule has 110 valence electrons. The highest BCUT2D eigenvalue weighted by molar-refractivity contribution is 6.30. The second kappa shape index (κ2) is 6.95. The Kier molecular flexibility index (Phi) is 5.26. The average Bonchev–Trinajstić information content (AvgIpc) is 2.81. The van der Waals surface area contributed by atoms with Gasteiger partial charge >= 0.3 is 0 Å². The van der Waals surface area contributed by atoms with Crippen molar-refractivity contribution in [3.8, 4) is 0 Å². The molecular weight excluding hydrogens is 272 g/mol. The van der Waals surface area contributed by atoms with E-state index in [2.05, 4.69) is 34.7 Å². The lowest BCUT2D eigenvalue weighted by Crippen LogP contribution is -2.41. The summed E-state index contributed by atoms with van der Waals surface area (Å²) in [5.74, 6) is 0.641. The minimum atomic E-state index is 0.212. The molecule has 1 atom stereocenters. The topological polar surface area (TPSA) is 44.9 Å². The second-order valence-electron chi connectivity index (χ2n) is 4.99. The number of likely N-dealkylation sites (N-methyl/N-ethyl adjacent to an activating group) is 1. The van der Waals surface area contributed by atoms with Crippen LogP contribution in [-0.4, -0.2) is 48.5 Å². The summed E-state index contributed by atoms with van der Waals surface area (Å²) >= 11 is 6.08. The summed E-state index contributed by atoms with van der Waals surface area (Å²) in [5, 5.41) is 0.761. The normalized spacial score (nSPS) is 18.7. The maximum atomic E-state index is 6.08. The summed E-state index contributed by atoms with van der Waals surface area (Å²) in [6, 6.07) is 8.18. The Labute approximate surface area is 126 Å². The summed E-state index contributed by atoms with van der Waals surface area (Å²) in [4.78, 5) is 8.97. The van der Waals surface area contributed by atoms with E-state index in [-0.39, 0.29) is 6.04 Å². The quantitative estimate of drug-likeness (QED) is 0.876. The highest BCUT2D eigenvalue weighted by atomic mass is 35.5. The zero-order valence-corrected chi connectivity index (χ0v) is 13.0. The van der Waals surface area contributed by atoms with Gasteiger partial charge in [-0.1, -0.05) is 37.6 Å². The third-order valence-electron chi connectivity index (χ3n) is 3.88. The van der Waals surface area contributed by atoms with Gasteiger partial charge in [-0.2, -0.15) is 0 Å². The number of rotatable bonds is 6. The van der Waals surface area contributed by atoms with E-state index in [4.69, 9.17) is 17.3 Å². The van der Waals surface area contributed by atoms with Gasteiger partial charge in [-0.05, 0) is 30.8 Å². The molecule has 0 fully saturated rings. The molecule has 0 amide bonds. The maximum absolute atomic E-state index is 6.08. The van der Waals surface area contributed by atoms with E-state index >= 15 is 0 Å². The van der Waals surface area contributed by atoms with Crippen LogP contribution >= 0.6 is 11.6 Å². The molecule has 1 unspecified atom stereocenters. The van der Waals surface area contributed by atoms with Gasteiger partial charge in [0.15, 0.2) is 5.96 Å². The van der Waals surface area contributed by atoms with Gasteiger partial charge in [-0.25, -0.2) is 0 Å². The monoisotopic (exact) mass is 294 g/mol. The van der Waals surface area contributed by atoms with Gasteiger partial charge in [-0.3, -0.25) is 4.99 Å². The van der Waals surface area contributed by atoms with Crippen molar-refractivity contribution >= 4 is 17.6 Å². The molecule has 1 heterocycles. The minimum absolute atomic E-state index is 0.212. The van der Waals surface area contributed by atoms with E-state index < -0.39 is 0 Å². The molecular formula is C15H23ClN4. The number of guanidine groups is 1. The predicted molar refractivity (Wildman–Crippen MR) is 85.2 cm³/mol. The van der Waals surface area contributed by atoms with E-state index in [9.17, 15) is 0 Å². The summed E-state index contributed by atoms with van der Waals surface area (Å²) in [7, 11) is 0. The summed E-state index contributed by atoms with van der Waals surface area (Å²) in [6.45, 7) is 9.09. The van der Waals surface area contributed by atoms with Crippen LogP contribution in [-0.2, 0) is 0 Å². The molecule has 20 heavy (non-hydrogen) atoms. The molecule has 1 aromatic rings. The van der Waals surface area contributed by atoms with Gasteiger partial charge in [-0.15, -0.1) is 0 Å². The van der Waals surface area contributed by atoms with Gasteiger partial charge in [0.05, 0.1) is 12.6 Å². The summed E-state index contributed by atoms with van der Waals surface area (Å²) in [6.07, 6.45) is 0. The Hall–Kier alpha value is -1.26. The highest BCUT2D eigenvalue weighted by Crippen LogP contribution is 2.27. The first kappa shape index (κ1) is 15.1. The van der Waals surface area contributed by atoms with Crippen molar-refractivity contribution in [1.29, 1.82) is 0 Å². The zero-order chi connectivity index (χ0) is 14.5. The van der Waals surface area contributed by atoms with E-state index in [0.29, 0.717) is 12.5 Å². The third-order valence-corrected chi connectivity index (χ3v) is 4.12. The number of hydrogen-bond acceptors (Lipinski definition) is 4. The molecule has 1 aromatic carbocycles. The van der Waals surface area contributed by atoms with Crippen molar-refractivity contribution in [3.63, 3.8) is 0 Å². The third kappa shape index (κ3) is 3.44. The van der Waals surface area contributed by atoms with Gasteiger partial charge in [0.25, 0.3) is 0 Å². The first-order valence-corrected chi connectivity index (χ1v) is 7.57. The Morgan fingerprint density at radius 3 is 2.80 bits per heavy atom. The van der Waals surface area contributed by atoms with Gasteiger partial charge in [0.1, 0.15) is 0 Å². The fourth-order valence-corrected chi connectivity index (χ4v) is 2.79. The Balaban J connectivity index is 2.06. The van der Waals surface area contributed by atoms with Gasteiger partial charge < -0.3 is 15.5 Å². The molecule has 0 aromatic heterocycles. The smallest absolute Gasteiger partial charge is 0.191 e. The molecule has 4 nitrogen and oxygen atoms in total. The SMILES string of the molecule is CCN(CC)CCN1C(N)=NCC1c1cccc(Cl)c1. The number of nitrogens with two attached hydrogens (primary N) is 1. The molecule has 0 spiro atoms. The van der Waals surface area contributed by atoms with Crippen molar-refractivity contribution < 1.29 is 0 Å². The van der Waals surface area contributed by atoms with Crippen molar-refractivity contribution in [2.45, 2.75) is 19.9 Å². The fourth-order valence-electron chi connectivity index (χ4n) is 2.59. The number of nitrogens with zero attached hydrogens (tertiary/aromatic N) is 3. The van der Waals surface area contributed by atoms with E-state index in [0.717, 1.165) is 31.2 Å². The Morgan fingerprint density at radius 2 is 2.15 bits per heavy atom. The molecule has 0 saturated heterocycles. The molecule has 0 radical (unpaired) electrons. The van der Waals surface area contributed by atoms with Gasteiger partial charge in [0.2, 0.25) is 0 Å². The van der Waals surface area contributed by atoms with Crippen LogP contribution in [0.15, 0.2) is 29.3 Å². The molecule has 2 rings (SSSR count). The molecule has 1 aliphatic rings. The Morgan fingerprint density at radius 1 is 1.40 bits per heavy atom. The molecule has 0 saturated carbocycles. The molecule has 2 N–H and O–H groups in total. The molecule has 0 aliphatic carbocycles. The van der Waals surface area contributed by atoms with Crippen LogP contribution in [0.2, 0.25) is 5.02 Å². The number of hydrogen-bond donors (Lipinski definition) is 1. The number of halogens is 1. The van der Waals surface area contributed by atoms with Crippen LogP contribution < -0.4 is 5.73 Å². The molecule has 0 bridgehead atoms. The summed E-state index contributed by atoms with van der Waals surface area (Å²) in [5.41, 5.74) is 7.22. The number of benzene rings is 1. The van der Waals surface area contributed by atoms with E-state index in [1.54, 1.807) is 0 Å². The van der Waals surface area contributed by atoms with E-state index in [1.165, 1.54) is 5.56 Å². The minimum Gasteiger partial charge on any atom is -0.370 e. The van der Waals surface area contributed by atoms with Crippen LogP contribution in [0.25, 0.3) is 0 Å². The van der Waals surface area contributed by atoms with Crippen molar-refractivity contribution in [2.24, 2.45) is 10.7 Å². The summed E-state index contributed by atoms with van der Waals surface area (Å²) < 4.78 is 0. The van der Waals surface area contributed by atoms with Crippen molar-refractivity contribution in [1.82, 2.24) is 9.80 Å². The highest BCUT2D eigenvalue weighted by Gasteiger charge is 2.27. The van der Waals surface area contributed by atoms with Crippen molar-refractivity contribution in [3.05, 3.63) is 34.9 Å². The Bertz CT molecular complexity index is 471. The lowest BCUT2D eigenvalue weighted by atomic mass is 10.1. The predicted octanol–water partition coefficient (Wildman–Crippen LogP) is 2.35. The van der Waals surface area contributed by atoms with Crippen LogP contribution in [0, 0.1) is 0 Å². The standard InChI is InChI=1S/C15H23ClN4/c1-3-19(4-2)8-9-20-14(11-18-15(20)17)12-6-5-7-13(16)10-12/h5-7,10,14H,3-4,8-9,11H2,1-2H3,(H2,17,18). The van der Waals surface area contributed by atoms with Crippen LogP contribution in [0.5, 0.6) is 0 Å². The van der Waals surface area contributed by atoms with Gasteiger partial charge in [0, 0.05) is 18.1 Å². The fraction of sp³-hybridized carbons (Fsp3) is 0.533. The molecule has 1 aliphatic heterocycles. The zero-order valence-electron chi connectivity index (χ0n) is 12.2. The number of aliphatic imine (C=N–C) groups is 1. The van der Waals surface area contributed by atoms with Crippen LogP contribution in [0.1, 0.15) is 25.5 Å². The lowest BCUT2D eigenvalue weighted by Gasteiger charge is -2.29. The lowest BCUT2D eigenvalue weighted by molar-refractivity contribution is 0.248. The largest absolute Gasteiger partial charge is 0.370 e. The first-order chi connectivity index (χ1) is 9.65. The first-order valence-electron chi connectivity index (χ1n) is 7.20. The maximum Gasteiger partial charge on any atom is 0.191 e. The second-order valence-corrected chi connectivity index (χ2v) is 5.43. The van der Waals surface area contributed by atoms with E-state index in [1.807, 2.05) is 18.2 Å². The van der Waals surface area contributed by atoms with Crippen LogP contribution in [0.3, 0.4) is 0 Å².